The highest BCUT2D eigenvalue weighted by Gasteiger charge is 2.56. The standard InChI is InChI=1S/C25H29F2N5O4/c26-24(27)9-6-19(12-24)25(35,18-4-2-1-3-5-18)22(34)36-20-13-32(10-7-17(20)8-11-32)14-21(33)31-23-29-15-28-16-30-23/h1-5,15-17,19-20,35H,6-14H2/p+1/t17?,19?,20?,25-,32?/m0/s1. The summed E-state index contributed by atoms with van der Waals surface area (Å²) in [7, 11) is 0. The van der Waals surface area contributed by atoms with Crippen molar-refractivity contribution in [2.45, 2.75) is 49.7 Å². The highest BCUT2D eigenvalue weighted by atomic mass is 19.3. The van der Waals surface area contributed by atoms with Gasteiger partial charge in [0.25, 0.3) is 5.91 Å². The Morgan fingerprint density at radius 2 is 1.83 bits per heavy atom. The minimum Gasteiger partial charge on any atom is -0.454 e. The molecule has 1 aromatic heterocycles. The SMILES string of the molecule is O=C(C[N+]12CCC(CC1)C(OC(=O)[C@](O)(c1ccccc1)C1CCC(F)(F)C1)C2)Nc1ncncn1. The molecule has 9 nitrogen and oxygen atoms in total. The van der Waals surface area contributed by atoms with E-state index in [-0.39, 0.29) is 42.7 Å². The van der Waals surface area contributed by atoms with Crippen molar-refractivity contribution in [3.63, 3.8) is 0 Å². The van der Waals surface area contributed by atoms with Crippen LogP contribution in [-0.2, 0) is 19.9 Å². The lowest BCUT2D eigenvalue weighted by Gasteiger charge is -2.51. The number of quaternary nitrogens is 1. The number of aromatic nitrogens is 3. The fourth-order valence-electron chi connectivity index (χ4n) is 6.10. The molecular formula is C25H30F2N5O4+. The maximum atomic E-state index is 14.1. The van der Waals surface area contributed by atoms with Crippen molar-refractivity contribution in [3.05, 3.63) is 48.5 Å². The fraction of sp³-hybridized carbons (Fsp3) is 0.560. The smallest absolute Gasteiger partial charge is 0.343 e. The first-order valence-corrected chi connectivity index (χ1v) is 12.3. The van der Waals surface area contributed by atoms with Crippen molar-refractivity contribution in [1.29, 1.82) is 0 Å². The Morgan fingerprint density at radius 1 is 1.14 bits per heavy atom. The van der Waals surface area contributed by atoms with Gasteiger partial charge in [-0.1, -0.05) is 30.3 Å². The molecule has 2 N–H and O–H groups in total. The first-order valence-electron chi connectivity index (χ1n) is 12.3. The number of rotatable bonds is 7. The summed E-state index contributed by atoms with van der Waals surface area (Å²) in [6.07, 6.45) is 2.70. The van der Waals surface area contributed by atoms with Gasteiger partial charge in [0.15, 0.2) is 18.2 Å². The first-order chi connectivity index (χ1) is 17.2. The molecule has 0 radical (unpaired) electrons. The molecule has 1 aliphatic carbocycles. The molecule has 36 heavy (non-hydrogen) atoms. The zero-order valence-corrected chi connectivity index (χ0v) is 19.9. The largest absolute Gasteiger partial charge is 0.454 e. The van der Waals surface area contributed by atoms with Gasteiger partial charge in [-0.2, -0.15) is 0 Å². The van der Waals surface area contributed by atoms with E-state index in [1.165, 1.54) is 12.7 Å². The molecule has 4 heterocycles. The van der Waals surface area contributed by atoms with Crippen LogP contribution in [0.1, 0.15) is 37.7 Å². The molecule has 3 atom stereocenters. The minimum absolute atomic E-state index is 0.0266. The summed E-state index contributed by atoms with van der Waals surface area (Å²) >= 11 is 0. The maximum Gasteiger partial charge on any atom is 0.343 e. The number of anilines is 1. The maximum absolute atomic E-state index is 14.1. The van der Waals surface area contributed by atoms with E-state index in [1.807, 2.05) is 0 Å². The molecule has 2 unspecified atom stereocenters. The van der Waals surface area contributed by atoms with Crippen LogP contribution >= 0.6 is 0 Å². The number of esters is 1. The van der Waals surface area contributed by atoms with Gasteiger partial charge in [0.1, 0.15) is 19.2 Å². The van der Waals surface area contributed by atoms with Crippen LogP contribution < -0.4 is 5.32 Å². The zero-order chi connectivity index (χ0) is 25.4. The van der Waals surface area contributed by atoms with Crippen molar-refractivity contribution < 1.29 is 32.7 Å². The molecular weight excluding hydrogens is 472 g/mol. The molecule has 1 saturated carbocycles. The van der Waals surface area contributed by atoms with E-state index in [1.54, 1.807) is 30.3 Å². The van der Waals surface area contributed by atoms with Crippen LogP contribution in [-0.4, -0.2) is 74.6 Å². The van der Waals surface area contributed by atoms with Crippen molar-refractivity contribution >= 4 is 17.8 Å². The van der Waals surface area contributed by atoms with E-state index in [4.69, 9.17) is 4.74 Å². The predicted octanol–water partition coefficient (Wildman–Crippen LogP) is 2.29. The molecule has 0 spiro atoms. The summed E-state index contributed by atoms with van der Waals surface area (Å²) in [6.45, 7) is 2.12. The monoisotopic (exact) mass is 502 g/mol. The lowest BCUT2D eigenvalue weighted by molar-refractivity contribution is -0.939. The second kappa shape index (κ2) is 9.44. The number of benzene rings is 1. The Hall–Kier alpha value is -3.05. The number of aliphatic hydroxyl groups is 1. The topological polar surface area (TPSA) is 114 Å². The van der Waals surface area contributed by atoms with Gasteiger partial charge >= 0.3 is 5.97 Å². The van der Waals surface area contributed by atoms with Gasteiger partial charge in [0.2, 0.25) is 11.9 Å². The molecule has 4 aliphatic rings. The molecule has 3 saturated heterocycles. The van der Waals surface area contributed by atoms with Crippen LogP contribution in [0.4, 0.5) is 14.7 Å². The molecule has 3 aliphatic heterocycles. The quantitative estimate of drug-likeness (QED) is 0.441. The number of piperidine rings is 3. The number of carbonyl (C=O) groups excluding carboxylic acids is 2. The Labute approximate surface area is 207 Å². The molecule has 6 rings (SSSR count). The van der Waals surface area contributed by atoms with Gasteiger partial charge in [0, 0.05) is 37.5 Å². The molecule has 1 aromatic carbocycles. The Bertz CT molecular complexity index is 1100. The number of hydrogen-bond acceptors (Lipinski definition) is 7. The normalized spacial score (nSPS) is 30.4. The van der Waals surface area contributed by atoms with Crippen LogP contribution in [0.25, 0.3) is 0 Å². The van der Waals surface area contributed by atoms with E-state index in [0.29, 0.717) is 11.0 Å². The summed E-state index contributed by atoms with van der Waals surface area (Å²) in [4.78, 5) is 37.8. The first kappa shape index (κ1) is 24.6. The average molecular weight is 503 g/mol. The number of ether oxygens (including phenoxy) is 1. The average Bonchev–Trinajstić information content (AvgIpc) is 3.25. The fourth-order valence-corrected chi connectivity index (χ4v) is 6.10. The van der Waals surface area contributed by atoms with Crippen LogP contribution in [0, 0.1) is 11.8 Å². The van der Waals surface area contributed by atoms with E-state index in [9.17, 15) is 23.5 Å². The third-order valence-electron chi connectivity index (χ3n) is 8.04. The number of alkyl halides is 2. The number of nitrogens with zero attached hydrogens (tertiary/aromatic N) is 4. The van der Waals surface area contributed by atoms with Gasteiger partial charge in [-0.25, -0.2) is 28.5 Å². The van der Waals surface area contributed by atoms with Gasteiger partial charge in [-0.05, 0) is 12.0 Å². The van der Waals surface area contributed by atoms with Gasteiger partial charge < -0.3 is 14.3 Å². The number of halogens is 2. The molecule has 11 heteroatoms. The van der Waals surface area contributed by atoms with Gasteiger partial charge in [-0.15, -0.1) is 0 Å². The number of fused-ring (bicyclic) bond motifs is 3. The highest BCUT2D eigenvalue weighted by Crippen LogP contribution is 2.48. The number of hydrogen-bond donors (Lipinski definition) is 2. The van der Waals surface area contributed by atoms with E-state index in [2.05, 4.69) is 20.3 Å². The van der Waals surface area contributed by atoms with Crippen LogP contribution in [0.2, 0.25) is 0 Å². The number of amides is 1. The Balaban J connectivity index is 1.31. The van der Waals surface area contributed by atoms with Crippen molar-refractivity contribution in [1.82, 2.24) is 15.0 Å². The van der Waals surface area contributed by atoms with Crippen molar-refractivity contribution in [2.75, 3.05) is 31.5 Å². The third-order valence-corrected chi connectivity index (χ3v) is 8.04. The van der Waals surface area contributed by atoms with Gasteiger partial charge in [0.05, 0.1) is 13.1 Å². The number of nitrogens with one attached hydrogen (secondary N) is 1. The van der Waals surface area contributed by atoms with E-state index >= 15 is 0 Å². The summed E-state index contributed by atoms with van der Waals surface area (Å²) in [5.41, 5.74) is -1.90. The van der Waals surface area contributed by atoms with Crippen molar-refractivity contribution in [3.8, 4) is 0 Å². The van der Waals surface area contributed by atoms with Crippen LogP contribution in [0.3, 0.4) is 0 Å². The molecule has 1 amide bonds. The molecule has 192 valence electrons. The lowest BCUT2D eigenvalue weighted by Crippen LogP contribution is -2.66. The second-order valence-electron chi connectivity index (χ2n) is 10.3. The van der Waals surface area contributed by atoms with Crippen LogP contribution in [0.15, 0.2) is 43.0 Å². The Kier molecular flexibility index (Phi) is 6.46. The van der Waals surface area contributed by atoms with Gasteiger partial charge in [-0.3, -0.25) is 10.1 Å². The summed E-state index contributed by atoms with van der Waals surface area (Å²) < 4.78 is 34.6. The third kappa shape index (κ3) is 4.81. The highest BCUT2D eigenvalue weighted by molar-refractivity contribution is 5.89. The lowest BCUT2D eigenvalue weighted by atomic mass is 9.79. The summed E-state index contributed by atoms with van der Waals surface area (Å²) in [5, 5.41) is 14.3. The van der Waals surface area contributed by atoms with E-state index in [0.717, 1.165) is 25.9 Å². The molecule has 2 aromatic rings. The van der Waals surface area contributed by atoms with Crippen molar-refractivity contribution in [2.24, 2.45) is 11.8 Å². The minimum atomic E-state index is -2.93. The molecule has 4 fully saturated rings. The van der Waals surface area contributed by atoms with Crippen LogP contribution in [0.5, 0.6) is 0 Å². The Morgan fingerprint density at radius 3 is 2.47 bits per heavy atom. The molecule has 2 bridgehead atoms. The zero-order valence-electron chi connectivity index (χ0n) is 19.9. The van der Waals surface area contributed by atoms with E-state index < -0.39 is 35.9 Å². The summed E-state index contributed by atoms with van der Waals surface area (Å²) in [6, 6.07) is 8.23. The predicted molar refractivity (Wildman–Crippen MR) is 123 cm³/mol. The second-order valence-corrected chi connectivity index (χ2v) is 10.3. The summed E-state index contributed by atoms with van der Waals surface area (Å²) in [5.74, 6) is -4.74. The number of carbonyl (C=O) groups is 2.